The number of fused-ring (bicyclic) bond motifs is 1. The lowest BCUT2D eigenvalue weighted by molar-refractivity contribution is -0.131. The third-order valence-electron chi connectivity index (χ3n) is 12.2. The van der Waals surface area contributed by atoms with E-state index in [1.54, 1.807) is 26.3 Å². The molecule has 3 rings (SSSR count). The smallest absolute Gasteiger partial charge is 0.155 e. The van der Waals surface area contributed by atoms with Crippen LogP contribution in [0.2, 0.25) is 0 Å². The summed E-state index contributed by atoms with van der Waals surface area (Å²) < 4.78 is 0. The summed E-state index contributed by atoms with van der Waals surface area (Å²) in [5.74, 6) is 2.47. The van der Waals surface area contributed by atoms with Crippen LogP contribution < -0.4 is 0 Å². The Hall–Kier alpha value is -2.81. The van der Waals surface area contributed by atoms with E-state index in [1.807, 2.05) is 26.0 Å². The molecule has 5 unspecified atom stereocenters. The molecule has 1 saturated carbocycles. The van der Waals surface area contributed by atoms with Crippen LogP contribution in [0.25, 0.3) is 0 Å². The molecule has 0 spiro atoms. The van der Waals surface area contributed by atoms with Crippen molar-refractivity contribution in [2.24, 2.45) is 34.0 Å². The van der Waals surface area contributed by atoms with Gasteiger partial charge in [0.15, 0.2) is 5.78 Å². The summed E-state index contributed by atoms with van der Waals surface area (Å²) in [6.07, 6.45) is 24.0. The maximum absolute atomic E-state index is 12.0. The Balaban J connectivity index is 0. The van der Waals surface area contributed by atoms with Crippen molar-refractivity contribution < 1.29 is 15.8 Å². The van der Waals surface area contributed by atoms with E-state index < -0.39 is 0 Å². The molecule has 0 N–H and O–H groups in total. The van der Waals surface area contributed by atoms with Crippen LogP contribution in [0.5, 0.6) is 0 Å². The van der Waals surface area contributed by atoms with Crippen LogP contribution in [-0.4, -0.2) is 17.3 Å². The van der Waals surface area contributed by atoms with Crippen LogP contribution in [0.3, 0.4) is 0 Å². The summed E-state index contributed by atoms with van der Waals surface area (Å²) in [4.78, 5) is 34.0. The van der Waals surface area contributed by atoms with Crippen molar-refractivity contribution in [2.75, 3.05) is 0 Å². The normalized spacial score (nSPS) is 26.3. The first kappa shape index (κ1) is 48.2. The first-order valence-electron chi connectivity index (χ1n) is 19.6. The first-order valence-corrected chi connectivity index (χ1v) is 19.6. The largest absolute Gasteiger partial charge is 0.299 e. The van der Waals surface area contributed by atoms with Crippen molar-refractivity contribution in [1.82, 2.24) is 0 Å². The Kier molecular flexibility index (Phi) is 21.1. The molecule has 3 heteroatoms. The van der Waals surface area contributed by atoms with Gasteiger partial charge < -0.3 is 0 Å². The number of ketones is 3. The number of Topliss-reactive ketones (excluding diaryl/α,β-unsaturated/α-hetero) is 3. The van der Waals surface area contributed by atoms with Crippen LogP contribution in [0.1, 0.15) is 169 Å². The highest BCUT2D eigenvalue weighted by Crippen LogP contribution is 2.55. The van der Waals surface area contributed by atoms with Crippen molar-refractivity contribution in [3.63, 3.8) is 0 Å². The molecule has 51 heavy (non-hydrogen) atoms. The third kappa shape index (κ3) is 16.2. The van der Waals surface area contributed by atoms with Gasteiger partial charge in [-0.3, -0.25) is 14.4 Å². The van der Waals surface area contributed by atoms with Gasteiger partial charge in [0.05, 0.1) is 0 Å². The fourth-order valence-corrected chi connectivity index (χ4v) is 7.13. The van der Waals surface area contributed by atoms with Gasteiger partial charge in [0.1, 0.15) is 11.6 Å². The van der Waals surface area contributed by atoms with Crippen molar-refractivity contribution in [3.8, 4) is 0 Å². The van der Waals surface area contributed by atoms with Gasteiger partial charge in [-0.15, -0.1) is 0 Å². The summed E-state index contributed by atoms with van der Waals surface area (Å²) in [6, 6.07) is 0. The Morgan fingerprint density at radius 3 is 1.78 bits per heavy atom. The summed E-state index contributed by atoms with van der Waals surface area (Å²) in [5, 5.41) is 0. The zero-order valence-electron chi connectivity index (χ0n) is 35.9. The summed E-state index contributed by atoms with van der Waals surface area (Å²) >= 11 is 0. The molecule has 3 aliphatic carbocycles. The minimum atomic E-state index is -0.125. The lowest BCUT2D eigenvalue weighted by Gasteiger charge is -2.50. The molecule has 0 aromatic heterocycles. The molecule has 5 atom stereocenters. The lowest BCUT2D eigenvalue weighted by Crippen LogP contribution is -2.44. The predicted molar refractivity (Wildman–Crippen MR) is 226 cm³/mol. The summed E-state index contributed by atoms with van der Waals surface area (Å²) in [7, 11) is 0. The second-order valence-corrected chi connectivity index (χ2v) is 17.3. The highest BCUT2D eigenvalue weighted by atomic mass is 16.1. The average Bonchev–Trinajstić information content (AvgIpc) is 3.03. The Morgan fingerprint density at radius 1 is 0.824 bits per heavy atom. The van der Waals surface area contributed by atoms with Gasteiger partial charge in [0, 0.05) is 12.3 Å². The van der Waals surface area contributed by atoms with E-state index in [4.69, 9.17) is 0 Å². The van der Waals surface area contributed by atoms with Crippen molar-refractivity contribution >= 4 is 17.3 Å². The van der Waals surface area contributed by atoms with Crippen LogP contribution in [0.4, 0.5) is 0 Å². The number of hydrogen-bond acceptors (Lipinski definition) is 3. The lowest BCUT2D eigenvalue weighted by atomic mass is 9.53. The zero-order valence-corrected chi connectivity index (χ0v) is 35.9. The molecule has 0 aromatic rings. The number of carbonyl (C=O) groups excluding carboxylic acids is 3. The standard InChI is InChI=1S/2C16H26O.C10H16.C6H10O.H2/c1-11-9-13-7-6-8-15(3,4)14(13)10-16(11,5)12(2)17;1-12(2)7-6-8-15-9-10-16(5,14(4)17)13(3)11-15;1-5-10(4)8-6-7-9(2)3;1-4-5(2)6(3)7;/h7,11,14H,6,8-10H2,1-5H3;7,9,13H,6,8,10-11H2,1-5H3;5,7H,1,4,6,8H2,2-3H3;4H,1-3H3;1H/b;;;5-4+;/i;;;;1+1. The fourth-order valence-electron chi connectivity index (χ4n) is 7.13. The third-order valence-corrected chi connectivity index (χ3v) is 12.2. The van der Waals surface area contributed by atoms with Gasteiger partial charge in [-0.05, 0) is 155 Å². The van der Waals surface area contributed by atoms with E-state index in [9.17, 15) is 14.4 Å². The maximum atomic E-state index is 12.0. The Labute approximate surface area is 317 Å². The Bertz CT molecular complexity index is 1360. The van der Waals surface area contributed by atoms with Gasteiger partial charge >= 0.3 is 0 Å². The molecular formula is C48H80O3. The van der Waals surface area contributed by atoms with Gasteiger partial charge in [-0.2, -0.15) is 0 Å². The van der Waals surface area contributed by atoms with Gasteiger partial charge in [-0.1, -0.05) is 119 Å². The van der Waals surface area contributed by atoms with Crippen LogP contribution in [-0.2, 0) is 14.4 Å². The highest BCUT2D eigenvalue weighted by Gasteiger charge is 2.48. The second kappa shape index (κ2) is 22.3. The number of rotatable bonds is 10. The van der Waals surface area contributed by atoms with Crippen LogP contribution in [0, 0.1) is 34.0 Å². The van der Waals surface area contributed by atoms with E-state index in [0.29, 0.717) is 34.7 Å². The molecule has 0 aliphatic heterocycles. The molecule has 0 aromatic carbocycles. The number of allylic oxidation sites excluding steroid dienone is 12. The summed E-state index contributed by atoms with van der Waals surface area (Å²) in [5.41, 5.74) is 8.04. The quantitative estimate of drug-likeness (QED) is 0.129. The highest BCUT2D eigenvalue weighted by molar-refractivity contribution is 5.92. The van der Waals surface area contributed by atoms with E-state index >= 15 is 0 Å². The van der Waals surface area contributed by atoms with Crippen LogP contribution >= 0.6 is 0 Å². The maximum Gasteiger partial charge on any atom is 0.155 e. The number of hydrogen-bond donors (Lipinski definition) is 0. The average molecular weight is 706 g/mol. The van der Waals surface area contributed by atoms with E-state index in [-0.39, 0.29) is 18.0 Å². The molecule has 1 fully saturated rings. The molecule has 0 amide bonds. The minimum absolute atomic E-state index is 0. The predicted octanol–water partition coefficient (Wildman–Crippen LogP) is 14.3. The monoisotopic (exact) mass is 706 g/mol. The van der Waals surface area contributed by atoms with E-state index in [0.717, 1.165) is 62.5 Å². The SMILES string of the molecule is C/C=C(\C)C(C)=O.C=CC(=C)CCC=C(C)C.CC(=O)C1(C)CC2C(=CCCC2(C)C)CC1C.CC(=O)C1(C)CC=C(CCC=C(C)C)CC1C.[2HH]. The molecule has 0 radical (unpaired) electrons. The molecule has 290 valence electrons. The molecule has 3 nitrogen and oxygen atoms in total. The minimum Gasteiger partial charge on any atom is -0.299 e. The molecule has 3 aliphatic rings. The van der Waals surface area contributed by atoms with Crippen molar-refractivity contribution in [2.45, 2.75) is 168 Å². The molecular weight excluding hydrogens is 625 g/mol. The first-order chi connectivity index (χ1) is 23.5. The van der Waals surface area contributed by atoms with E-state index in [1.165, 1.54) is 29.6 Å². The molecule has 0 bridgehead atoms. The topological polar surface area (TPSA) is 51.2 Å². The van der Waals surface area contributed by atoms with Crippen molar-refractivity contribution in [3.05, 3.63) is 83.1 Å². The number of carbonyl (C=O) groups is 3. The van der Waals surface area contributed by atoms with E-state index in [2.05, 4.69) is 107 Å². The fraction of sp³-hybridized carbons (Fsp3) is 0.646. The van der Waals surface area contributed by atoms with Crippen molar-refractivity contribution in [1.29, 1.82) is 0 Å². The summed E-state index contributed by atoms with van der Waals surface area (Å²) in [6.45, 7) is 38.2. The van der Waals surface area contributed by atoms with Crippen LogP contribution in [0.15, 0.2) is 83.1 Å². The van der Waals surface area contributed by atoms with Gasteiger partial charge in [0.2, 0.25) is 0 Å². The Morgan fingerprint density at radius 2 is 1.35 bits per heavy atom. The molecule has 0 saturated heterocycles. The molecule has 0 heterocycles. The second-order valence-electron chi connectivity index (χ2n) is 17.3. The van der Waals surface area contributed by atoms with Gasteiger partial charge in [0.25, 0.3) is 0 Å². The van der Waals surface area contributed by atoms with Gasteiger partial charge in [-0.25, -0.2) is 0 Å². The zero-order chi connectivity index (χ0) is 39.7.